The average molecular weight is 373 g/mol. The third-order valence-corrected chi connectivity index (χ3v) is 4.40. The molecule has 0 heterocycles. The van der Waals surface area contributed by atoms with E-state index in [4.69, 9.17) is 15.3 Å². The molecule has 1 fully saturated rings. The molecule has 0 aliphatic heterocycles. The molecule has 3 unspecified atom stereocenters. The molecule has 0 aromatic carbocycles. The van der Waals surface area contributed by atoms with Gasteiger partial charge in [0, 0.05) is 6.04 Å². The zero-order valence-corrected chi connectivity index (χ0v) is 15.5. The van der Waals surface area contributed by atoms with Gasteiger partial charge in [-0.05, 0) is 26.2 Å². The number of carbonyl (C=O) groups excluding carboxylic acids is 3. The number of aliphatic hydroxyl groups excluding tert-OH is 1. The molecule has 1 aliphatic carbocycles. The first-order valence-electron chi connectivity index (χ1n) is 9.16. The lowest BCUT2D eigenvalue weighted by Crippen LogP contribution is -2.48. The zero-order valence-electron chi connectivity index (χ0n) is 15.5. The molecule has 0 aromatic heterocycles. The predicted molar refractivity (Wildman–Crippen MR) is 93.5 cm³/mol. The molecule has 5 N–H and O–H groups in total. The Labute approximate surface area is 153 Å². The number of amides is 2. The molecule has 150 valence electrons. The lowest BCUT2D eigenvalue weighted by molar-refractivity contribution is -0.150. The first-order chi connectivity index (χ1) is 12.3. The highest BCUT2D eigenvalue weighted by molar-refractivity contribution is 5.85. The van der Waals surface area contributed by atoms with Crippen molar-refractivity contribution in [2.24, 2.45) is 11.7 Å². The van der Waals surface area contributed by atoms with E-state index in [2.05, 4.69) is 5.32 Å². The zero-order chi connectivity index (χ0) is 19.5. The van der Waals surface area contributed by atoms with E-state index in [-0.39, 0.29) is 6.61 Å². The number of hydrogen-bond acceptors (Lipinski definition) is 7. The summed E-state index contributed by atoms with van der Waals surface area (Å²) in [5.41, 5.74) is 7.92. The van der Waals surface area contributed by atoms with Crippen LogP contribution in [-0.2, 0) is 24.0 Å². The topological polar surface area (TPSA) is 140 Å². The fraction of sp³-hybridized carbons (Fsp3) is 0.824. The summed E-state index contributed by atoms with van der Waals surface area (Å²) in [7, 11) is 0. The van der Waals surface area contributed by atoms with E-state index in [0.717, 1.165) is 25.7 Å². The van der Waals surface area contributed by atoms with Crippen LogP contribution in [0.2, 0.25) is 0 Å². The van der Waals surface area contributed by atoms with Gasteiger partial charge in [0.2, 0.25) is 5.91 Å². The van der Waals surface area contributed by atoms with Crippen LogP contribution in [0.5, 0.6) is 0 Å². The maximum atomic E-state index is 11.9. The van der Waals surface area contributed by atoms with Gasteiger partial charge in [-0.1, -0.05) is 32.1 Å². The van der Waals surface area contributed by atoms with E-state index >= 15 is 0 Å². The summed E-state index contributed by atoms with van der Waals surface area (Å²) in [6, 6.07) is -1.50. The minimum Gasteiger partial charge on any atom is -0.464 e. The second kappa shape index (κ2) is 11.8. The standard InChI is InChI=1S/C17H31N3O6/c1-3-25-17(24)11(2)19-14(21)10-26-20-16(23)15(22)13(18)9-12-7-5-4-6-8-12/h11-13,15,22H,3-10,18H2,1-2H3,(H,19,21)(H,20,23). The SMILES string of the molecule is CCOC(=O)C(C)NC(=O)CONC(=O)C(O)C(N)CC1CCCCC1. The Morgan fingerprint density at radius 1 is 1.23 bits per heavy atom. The van der Waals surface area contributed by atoms with Gasteiger partial charge in [-0.2, -0.15) is 0 Å². The lowest BCUT2D eigenvalue weighted by atomic mass is 9.84. The number of ether oxygens (including phenoxy) is 1. The molecule has 1 aliphatic rings. The maximum absolute atomic E-state index is 11.9. The highest BCUT2D eigenvalue weighted by Gasteiger charge is 2.27. The van der Waals surface area contributed by atoms with E-state index in [1.807, 2.05) is 5.48 Å². The van der Waals surface area contributed by atoms with Crippen molar-refractivity contribution >= 4 is 17.8 Å². The molecule has 9 heteroatoms. The van der Waals surface area contributed by atoms with Crippen molar-refractivity contribution in [1.82, 2.24) is 10.8 Å². The van der Waals surface area contributed by atoms with Crippen molar-refractivity contribution in [3.05, 3.63) is 0 Å². The van der Waals surface area contributed by atoms with Crippen LogP contribution >= 0.6 is 0 Å². The largest absolute Gasteiger partial charge is 0.464 e. The lowest BCUT2D eigenvalue weighted by Gasteiger charge is -2.26. The van der Waals surface area contributed by atoms with Gasteiger partial charge >= 0.3 is 5.97 Å². The van der Waals surface area contributed by atoms with Crippen molar-refractivity contribution in [3.8, 4) is 0 Å². The Morgan fingerprint density at radius 2 is 1.88 bits per heavy atom. The van der Waals surface area contributed by atoms with Crippen LogP contribution < -0.4 is 16.5 Å². The summed E-state index contributed by atoms with van der Waals surface area (Å²) in [4.78, 5) is 39.7. The van der Waals surface area contributed by atoms with Crippen molar-refractivity contribution in [2.45, 2.75) is 70.6 Å². The number of carbonyl (C=O) groups is 3. The molecule has 0 saturated heterocycles. The van der Waals surface area contributed by atoms with Gasteiger partial charge in [0.1, 0.15) is 12.1 Å². The van der Waals surface area contributed by atoms with Gasteiger partial charge in [0.05, 0.1) is 6.61 Å². The van der Waals surface area contributed by atoms with Gasteiger partial charge < -0.3 is 20.9 Å². The third-order valence-electron chi connectivity index (χ3n) is 4.40. The second-order valence-corrected chi connectivity index (χ2v) is 6.64. The molecule has 3 atom stereocenters. The monoisotopic (exact) mass is 373 g/mol. The van der Waals surface area contributed by atoms with E-state index in [9.17, 15) is 19.5 Å². The first kappa shape index (κ1) is 22.3. The summed E-state index contributed by atoms with van der Waals surface area (Å²) in [5.74, 6) is -1.53. The van der Waals surface area contributed by atoms with E-state index < -0.39 is 42.6 Å². The number of esters is 1. The fourth-order valence-corrected chi connectivity index (χ4v) is 2.97. The van der Waals surface area contributed by atoms with Crippen LogP contribution in [0.15, 0.2) is 0 Å². The van der Waals surface area contributed by atoms with Crippen molar-refractivity contribution in [2.75, 3.05) is 13.2 Å². The molecular weight excluding hydrogens is 342 g/mol. The Morgan fingerprint density at radius 3 is 2.50 bits per heavy atom. The number of hydrogen-bond donors (Lipinski definition) is 4. The van der Waals surface area contributed by atoms with Gasteiger partial charge in [-0.25, -0.2) is 10.3 Å². The van der Waals surface area contributed by atoms with Gasteiger partial charge in [-0.3, -0.25) is 14.4 Å². The number of nitrogens with one attached hydrogen (secondary N) is 2. The van der Waals surface area contributed by atoms with Gasteiger partial charge in [-0.15, -0.1) is 0 Å². The molecule has 0 aromatic rings. The average Bonchev–Trinajstić information content (AvgIpc) is 2.61. The second-order valence-electron chi connectivity index (χ2n) is 6.64. The molecule has 1 rings (SSSR count). The van der Waals surface area contributed by atoms with Gasteiger partial charge in [0.25, 0.3) is 5.91 Å². The van der Waals surface area contributed by atoms with Crippen LogP contribution in [0.1, 0.15) is 52.4 Å². The Kier molecular flexibility index (Phi) is 10.2. The third kappa shape index (κ3) is 8.11. The molecule has 0 spiro atoms. The Balaban J connectivity index is 2.25. The quantitative estimate of drug-likeness (QED) is 0.306. The minimum absolute atomic E-state index is 0.213. The number of nitrogens with two attached hydrogens (primary N) is 1. The fourth-order valence-electron chi connectivity index (χ4n) is 2.97. The van der Waals surface area contributed by atoms with Crippen molar-refractivity contribution in [3.63, 3.8) is 0 Å². The number of aliphatic hydroxyl groups is 1. The number of rotatable bonds is 10. The summed E-state index contributed by atoms with van der Waals surface area (Å²) >= 11 is 0. The van der Waals surface area contributed by atoms with Crippen molar-refractivity contribution < 1.29 is 29.1 Å². The van der Waals surface area contributed by atoms with E-state index in [1.165, 1.54) is 13.3 Å². The highest BCUT2D eigenvalue weighted by Crippen LogP contribution is 2.27. The van der Waals surface area contributed by atoms with Crippen LogP contribution in [0, 0.1) is 5.92 Å². The summed E-state index contributed by atoms with van der Waals surface area (Å²) in [6.45, 7) is 2.85. The molecule has 26 heavy (non-hydrogen) atoms. The molecule has 2 amide bonds. The predicted octanol–water partition coefficient (Wildman–Crippen LogP) is -0.239. The smallest absolute Gasteiger partial charge is 0.328 e. The van der Waals surface area contributed by atoms with Crippen molar-refractivity contribution in [1.29, 1.82) is 0 Å². The summed E-state index contributed by atoms with van der Waals surface area (Å²) in [6.07, 6.45) is 4.84. The van der Waals surface area contributed by atoms with Crippen LogP contribution in [0.25, 0.3) is 0 Å². The molecule has 0 bridgehead atoms. The highest BCUT2D eigenvalue weighted by atomic mass is 16.7. The molecular formula is C17H31N3O6. The van der Waals surface area contributed by atoms with E-state index in [0.29, 0.717) is 12.3 Å². The Bertz CT molecular complexity index is 467. The molecule has 1 saturated carbocycles. The number of hydroxylamine groups is 1. The first-order valence-corrected chi connectivity index (χ1v) is 9.16. The normalized spacial score (nSPS) is 18.5. The van der Waals surface area contributed by atoms with Crippen LogP contribution in [-0.4, -0.2) is 54.3 Å². The van der Waals surface area contributed by atoms with Crippen LogP contribution in [0.3, 0.4) is 0 Å². The van der Waals surface area contributed by atoms with Crippen LogP contribution in [0.4, 0.5) is 0 Å². The minimum atomic E-state index is -1.40. The van der Waals surface area contributed by atoms with E-state index in [1.54, 1.807) is 6.92 Å². The maximum Gasteiger partial charge on any atom is 0.328 e. The summed E-state index contributed by atoms with van der Waals surface area (Å²) in [5, 5.41) is 12.3. The Hall–Kier alpha value is -1.71. The molecule has 0 radical (unpaired) electrons. The molecule has 9 nitrogen and oxygen atoms in total. The summed E-state index contributed by atoms with van der Waals surface area (Å²) < 4.78 is 4.76. The van der Waals surface area contributed by atoms with Gasteiger partial charge in [0.15, 0.2) is 6.61 Å².